The molecule has 0 N–H and O–H groups in total. The molecule has 0 bridgehead atoms. The molecule has 1 heterocycles. The van der Waals surface area contributed by atoms with Crippen LogP contribution < -0.4 is 18.9 Å². The van der Waals surface area contributed by atoms with Crippen LogP contribution in [0.5, 0.6) is 23.0 Å². The van der Waals surface area contributed by atoms with Gasteiger partial charge in [-0.05, 0) is 41.8 Å². The van der Waals surface area contributed by atoms with Crippen molar-refractivity contribution in [1.29, 1.82) is 0 Å². The van der Waals surface area contributed by atoms with Crippen LogP contribution in [-0.4, -0.2) is 32.8 Å². The fourth-order valence-electron chi connectivity index (χ4n) is 4.08. The second kappa shape index (κ2) is 9.75. The van der Waals surface area contributed by atoms with Crippen LogP contribution in [0.3, 0.4) is 0 Å². The summed E-state index contributed by atoms with van der Waals surface area (Å²) in [4.78, 5) is 2.44. The Morgan fingerprint density at radius 3 is 2.03 bits per heavy atom. The Morgan fingerprint density at radius 2 is 1.32 bits per heavy atom. The first-order valence-corrected chi connectivity index (χ1v) is 10.5. The molecule has 1 aliphatic heterocycles. The van der Waals surface area contributed by atoms with Gasteiger partial charge in [0.1, 0.15) is 18.1 Å². The SMILES string of the molecule is COc1ccccc1COc1cc2c(cc1OC)CN(Cc1ccccc1OC)CC2. The molecule has 5 nitrogen and oxygen atoms in total. The van der Waals surface area contributed by atoms with Gasteiger partial charge in [0, 0.05) is 30.8 Å². The third-order valence-electron chi connectivity index (χ3n) is 5.74. The second-order valence-electron chi connectivity index (χ2n) is 7.64. The van der Waals surface area contributed by atoms with Crippen LogP contribution in [0.15, 0.2) is 60.7 Å². The van der Waals surface area contributed by atoms with E-state index in [1.54, 1.807) is 21.3 Å². The molecule has 1 aliphatic rings. The summed E-state index contributed by atoms with van der Waals surface area (Å²) in [6.07, 6.45) is 0.972. The Morgan fingerprint density at radius 1 is 0.710 bits per heavy atom. The van der Waals surface area contributed by atoms with Crippen LogP contribution >= 0.6 is 0 Å². The normalized spacial score (nSPS) is 13.4. The highest BCUT2D eigenvalue weighted by Crippen LogP contribution is 2.35. The molecule has 0 spiro atoms. The van der Waals surface area contributed by atoms with Crippen LogP contribution in [0.1, 0.15) is 22.3 Å². The van der Waals surface area contributed by atoms with E-state index < -0.39 is 0 Å². The third kappa shape index (κ3) is 4.78. The molecular weight excluding hydrogens is 390 g/mol. The van der Waals surface area contributed by atoms with Crippen molar-refractivity contribution in [2.45, 2.75) is 26.1 Å². The molecule has 0 saturated heterocycles. The average Bonchev–Trinajstić information content (AvgIpc) is 2.82. The molecule has 5 heteroatoms. The highest BCUT2D eigenvalue weighted by Gasteiger charge is 2.21. The molecule has 3 aromatic rings. The van der Waals surface area contributed by atoms with Gasteiger partial charge in [0.2, 0.25) is 0 Å². The zero-order valence-electron chi connectivity index (χ0n) is 18.4. The maximum Gasteiger partial charge on any atom is 0.161 e. The molecule has 0 aliphatic carbocycles. The Kier molecular flexibility index (Phi) is 6.63. The van der Waals surface area contributed by atoms with Crippen LogP contribution in [0, 0.1) is 0 Å². The Balaban J connectivity index is 1.49. The number of fused-ring (bicyclic) bond motifs is 1. The lowest BCUT2D eigenvalue weighted by molar-refractivity contribution is 0.238. The molecule has 3 aromatic carbocycles. The minimum Gasteiger partial charge on any atom is -0.496 e. The maximum absolute atomic E-state index is 6.14. The van der Waals surface area contributed by atoms with E-state index in [1.165, 1.54) is 16.7 Å². The highest BCUT2D eigenvalue weighted by atomic mass is 16.5. The minimum atomic E-state index is 0.430. The van der Waals surface area contributed by atoms with Gasteiger partial charge >= 0.3 is 0 Å². The zero-order chi connectivity index (χ0) is 21.6. The number of methoxy groups -OCH3 is 3. The van der Waals surface area contributed by atoms with Gasteiger partial charge in [-0.2, -0.15) is 0 Å². The lowest BCUT2D eigenvalue weighted by Gasteiger charge is -2.30. The van der Waals surface area contributed by atoms with Crippen molar-refractivity contribution in [3.05, 3.63) is 82.9 Å². The van der Waals surface area contributed by atoms with Crippen molar-refractivity contribution < 1.29 is 18.9 Å². The van der Waals surface area contributed by atoms with E-state index in [4.69, 9.17) is 18.9 Å². The number of para-hydroxylation sites is 2. The molecule has 0 saturated carbocycles. The van der Waals surface area contributed by atoms with Crippen molar-refractivity contribution >= 4 is 0 Å². The van der Waals surface area contributed by atoms with Gasteiger partial charge in [-0.25, -0.2) is 0 Å². The maximum atomic E-state index is 6.14. The number of ether oxygens (including phenoxy) is 4. The summed E-state index contributed by atoms with van der Waals surface area (Å²) in [5.41, 5.74) is 4.81. The number of nitrogens with zero attached hydrogens (tertiary/aromatic N) is 1. The number of hydrogen-bond donors (Lipinski definition) is 0. The fraction of sp³-hybridized carbons (Fsp3) is 0.308. The molecule has 0 atom stereocenters. The van der Waals surface area contributed by atoms with E-state index in [2.05, 4.69) is 29.2 Å². The van der Waals surface area contributed by atoms with Crippen molar-refractivity contribution in [2.24, 2.45) is 0 Å². The van der Waals surface area contributed by atoms with E-state index in [0.717, 1.165) is 54.6 Å². The summed E-state index contributed by atoms with van der Waals surface area (Å²) in [5.74, 6) is 3.29. The minimum absolute atomic E-state index is 0.430. The standard InChI is InChI=1S/C26H29NO4/c1-28-23-10-6-4-8-20(23)16-27-13-12-19-14-26(25(30-3)15-22(19)17-27)31-18-21-9-5-7-11-24(21)29-2/h4-11,14-15H,12-13,16-18H2,1-3H3. The van der Waals surface area contributed by atoms with Gasteiger partial charge in [-0.3, -0.25) is 4.90 Å². The van der Waals surface area contributed by atoms with Gasteiger partial charge in [-0.15, -0.1) is 0 Å². The summed E-state index contributed by atoms with van der Waals surface area (Å²) in [7, 11) is 5.09. The first kappa shape index (κ1) is 21.1. The largest absolute Gasteiger partial charge is 0.496 e. The summed E-state index contributed by atoms with van der Waals surface area (Å²) in [5, 5.41) is 0. The quantitative estimate of drug-likeness (QED) is 0.522. The molecule has 162 valence electrons. The van der Waals surface area contributed by atoms with Crippen LogP contribution in [-0.2, 0) is 26.1 Å². The van der Waals surface area contributed by atoms with E-state index in [0.29, 0.717) is 6.61 Å². The van der Waals surface area contributed by atoms with Gasteiger partial charge < -0.3 is 18.9 Å². The number of benzene rings is 3. The van der Waals surface area contributed by atoms with Crippen molar-refractivity contribution in [3.63, 3.8) is 0 Å². The van der Waals surface area contributed by atoms with Crippen LogP contribution in [0.2, 0.25) is 0 Å². The van der Waals surface area contributed by atoms with Crippen LogP contribution in [0.4, 0.5) is 0 Å². The average molecular weight is 420 g/mol. The predicted molar refractivity (Wildman–Crippen MR) is 121 cm³/mol. The van der Waals surface area contributed by atoms with E-state index in [-0.39, 0.29) is 0 Å². The van der Waals surface area contributed by atoms with Gasteiger partial charge in [-0.1, -0.05) is 36.4 Å². The van der Waals surface area contributed by atoms with E-state index >= 15 is 0 Å². The van der Waals surface area contributed by atoms with Gasteiger partial charge in [0.15, 0.2) is 11.5 Å². The van der Waals surface area contributed by atoms with E-state index in [9.17, 15) is 0 Å². The molecule has 0 amide bonds. The second-order valence-corrected chi connectivity index (χ2v) is 7.64. The van der Waals surface area contributed by atoms with Crippen molar-refractivity contribution in [2.75, 3.05) is 27.9 Å². The summed E-state index contributed by atoms with van der Waals surface area (Å²) >= 11 is 0. The first-order valence-electron chi connectivity index (χ1n) is 10.5. The summed E-state index contributed by atoms with van der Waals surface area (Å²) < 4.78 is 22.7. The first-order chi connectivity index (χ1) is 15.2. The monoisotopic (exact) mass is 419 g/mol. The van der Waals surface area contributed by atoms with E-state index in [1.807, 2.05) is 36.4 Å². The molecule has 0 unspecified atom stereocenters. The Hall–Kier alpha value is -3.18. The van der Waals surface area contributed by atoms with Crippen molar-refractivity contribution in [3.8, 4) is 23.0 Å². The summed E-state index contributed by atoms with van der Waals surface area (Å²) in [6, 6.07) is 20.4. The molecule has 4 rings (SSSR count). The van der Waals surface area contributed by atoms with Crippen molar-refractivity contribution in [1.82, 2.24) is 4.90 Å². The topological polar surface area (TPSA) is 40.2 Å². The smallest absolute Gasteiger partial charge is 0.161 e. The van der Waals surface area contributed by atoms with Crippen LogP contribution in [0.25, 0.3) is 0 Å². The Labute approximate surface area is 184 Å². The third-order valence-corrected chi connectivity index (χ3v) is 5.74. The lowest BCUT2D eigenvalue weighted by Crippen LogP contribution is -2.30. The molecule has 0 aromatic heterocycles. The Bertz CT molecular complexity index is 1030. The lowest BCUT2D eigenvalue weighted by atomic mass is 9.98. The summed E-state index contributed by atoms with van der Waals surface area (Å²) in [6.45, 7) is 3.15. The molecule has 0 fully saturated rings. The fourth-order valence-corrected chi connectivity index (χ4v) is 4.08. The van der Waals surface area contributed by atoms with Gasteiger partial charge in [0.25, 0.3) is 0 Å². The molecule has 31 heavy (non-hydrogen) atoms. The molecule has 0 radical (unpaired) electrons. The zero-order valence-corrected chi connectivity index (χ0v) is 18.4. The van der Waals surface area contributed by atoms with Gasteiger partial charge in [0.05, 0.1) is 21.3 Å². The number of hydrogen-bond acceptors (Lipinski definition) is 5. The highest BCUT2D eigenvalue weighted by molar-refractivity contribution is 5.48. The number of rotatable bonds is 8. The molecular formula is C26H29NO4. The predicted octanol–water partition coefficient (Wildman–Crippen LogP) is 4.85.